The van der Waals surface area contributed by atoms with E-state index in [1.54, 1.807) is 0 Å². The zero-order chi connectivity index (χ0) is 17.0. The van der Waals surface area contributed by atoms with Crippen molar-refractivity contribution >= 4 is 0 Å². The van der Waals surface area contributed by atoms with Gasteiger partial charge in [-0.2, -0.15) is 5.26 Å². The van der Waals surface area contributed by atoms with E-state index in [4.69, 9.17) is 14.7 Å². The van der Waals surface area contributed by atoms with Crippen LogP contribution in [0, 0.1) is 11.3 Å². The normalized spacial score (nSPS) is 9.96. The Kier molecular flexibility index (Phi) is 7.43. The smallest absolute Gasteiger partial charge is 0.119 e. The highest BCUT2D eigenvalue weighted by atomic mass is 16.5. The Morgan fingerprint density at radius 1 is 0.833 bits per heavy atom. The summed E-state index contributed by atoms with van der Waals surface area (Å²) in [6.45, 7) is 5.01. The van der Waals surface area contributed by atoms with E-state index < -0.39 is 0 Å². The largest absolute Gasteiger partial charge is 0.502 e. The standard InChI is InChI=1S/C21H23NO2/c1-2-23-15-5-3-4-6-16-24-21-13-11-20(12-14-21)19-9-7-18(17-22)8-10-19/h2,7-14H,1,3-6,15-16H2. The summed E-state index contributed by atoms with van der Waals surface area (Å²) < 4.78 is 10.9. The van der Waals surface area contributed by atoms with Gasteiger partial charge in [0.25, 0.3) is 0 Å². The lowest BCUT2D eigenvalue weighted by Crippen LogP contribution is -1.97. The third-order valence-corrected chi connectivity index (χ3v) is 3.74. The maximum atomic E-state index is 8.83. The van der Waals surface area contributed by atoms with Gasteiger partial charge in [-0.25, -0.2) is 0 Å². The molecule has 0 N–H and O–H groups in total. The van der Waals surface area contributed by atoms with Crippen molar-refractivity contribution in [2.45, 2.75) is 25.7 Å². The van der Waals surface area contributed by atoms with Gasteiger partial charge in [-0.05, 0) is 61.1 Å². The van der Waals surface area contributed by atoms with Crippen molar-refractivity contribution in [3.8, 4) is 22.9 Å². The lowest BCUT2D eigenvalue weighted by Gasteiger charge is -2.08. The van der Waals surface area contributed by atoms with Crippen molar-refractivity contribution in [3.05, 3.63) is 66.9 Å². The van der Waals surface area contributed by atoms with E-state index in [0.717, 1.165) is 55.8 Å². The Hall–Kier alpha value is -2.73. The molecule has 2 aromatic rings. The fraction of sp³-hybridized carbons (Fsp3) is 0.286. The molecule has 24 heavy (non-hydrogen) atoms. The monoisotopic (exact) mass is 321 g/mol. The van der Waals surface area contributed by atoms with E-state index in [9.17, 15) is 0 Å². The average molecular weight is 321 g/mol. The fourth-order valence-corrected chi connectivity index (χ4v) is 2.40. The molecule has 0 aliphatic carbocycles. The van der Waals surface area contributed by atoms with Crippen molar-refractivity contribution in [2.75, 3.05) is 13.2 Å². The highest BCUT2D eigenvalue weighted by molar-refractivity contribution is 5.64. The molecular weight excluding hydrogens is 298 g/mol. The fourth-order valence-electron chi connectivity index (χ4n) is 2.40. The molecule has 0 aliphatic rings. The van der Waals surface area contributed by atoms with Crippen LogP contribution in [0.2, 0.25) is 0 Å². The zero-order valence-corrected chi connectivity index (χ0v) is 13.9. The van der Waals surface area contributed by atoms with Crippen LogP contribution in [0.1, 0.15) is 31.2 Å². The summed E-state index contributed by atoms with van der Waals surface area (Å²) in [7, 11) is 0. The van der Waals surface area contributed by atoms with E-state index in [2.05, 4.69) is 12.6 Å². The van der Waals surface area contributed by atoms with Crippen molar-refractivity contribution in [1.29, 1.82) is 5.26 Å². The summed E-state index contributed by atoms with van der Waals surface area (Å²) >= 11 is 0. The number of hydrogen-bond acceptors (Lipinski definition) is 3. The van der Waals surface area contributed by atoms with Gasteiger partial charge in [0.05, 0.1) is 31.1 Å². The third-order valence-electron chi connectivity index (χ3n) is 3.74. The summed E-state index contributed by atoms with van der Waals surface area (Å²) in [6, 6.07) is 17.8. The molecule has 3 nitrogen and oxygen atoms in total. The summed E-state index contributed by atoms with van der Waals surface area (Å²) in [4.78, 5) is 0. The van der Waals surface area contributed by atoms with E-state index in [1.807, 2.05) is 48.5 Å². The van der Waals surface area contributed by atoms with Gasteiger partial charge in [0.15, 0.2) is 0 Å². The molecule has 0 radical (unpaired) electrons. The van der Waals surface area contributed by atoms with Crippen LogP contribution in [0.25, 0.3) is 11.1 Å². The van der Waals surface area contributed by atoms with E-state index in [-0.39, 0.29) is 0 Å². The van der Waals surface area contributed by atoms with Crippen LogP contribution in [-0.4, -0.2) is 13.2 Å². The second kappa shape index (κ2) is 10.1. The van der Waals surface area contributed by atoms with Crippen LogP contribution in [0.3, 0.4) is 0 Å². The van der Waals surface area contributed by atoms with E-state index in [1.165, 1.54) is 6.26 Å². The Balaban J connectivity index is 1.72. The minimum atomic E-state index is 0.676. The van der Waals surface area contributed by atoms with Gasteiger partial charge >= 0.3 is 0 Å². The van der Waals surface area contributed by atoms with Gasteiger partial charge < -0.3 is 9.47 Å². The first-order valence-electron chi connectivity index (χ1n) is 8.29. The Bertz CT molecular complexity index is 654. The van der Waals surface area contributed by atoms with Crippen LogP contribution in [0.5, 0.6) is 5.75 Å². The molecule has 0 saturated carbocycles. The first-order chi connectivity index (χ1) is 11.8. The number of benzene rings is 2. The predicted molar refractivity (Wildman–Crippen MR) is 96.7 cm³/mol. The Labute approximate surface area is 144 Å². The van der Waals surface area contributed by atoms with Gasteiger partial charge in [-0.15, -0.1) is 0 Å². The van der Waals surface area contributed by atoms with Crippen LogP contribution in [0.15, 0.2) is 61.4 Å². The Morgan fingerprint density at radius 3 is 2.00 bits per heavy atom. The van der Waals surface area contributed by atoms with Crippen LogP contribution >= 0.6 is 0 Å². The molecule has 3 heteroatoms. The third kappa shape index (κ3) is 5.81. The number of hydrogen-bond donors (Lipinski definition) is 0. The lowest BCUT2D eigenvalue weighted by atomic mass is 10.0. The van der Waals surface area contributed by atoms with Gasteiger partial charge in [0.1, 0.15) is 5.75 Å². The van der Waals surface area contributed by atoms with Crippen LogP contribution in [-0.2, 0) is 4.74 Å². The quantitative estimate of drug-likeness (QED) is 0.439. The van der Waals surface area contributed by atoms with E-state index >= 15 is 0 Å². The molecule has 0 aromatic heterocycles. The topological polar surface area (TPSA) is 42.2 Å². The summed E-state index contributed by atoms with van der Waals surface area (Å²) in [5.74, 6) is 0.891. The first-order valence-corrected chi connectivity index (χ1v) is 8.29. The molecule has 0 amide bonds. The van der Waals surface area contributed by atoms with E-state index in [0.29, 0.717) is 5.56 Å². The minimum absolute atomic E-state index is 0.676. The van der Waals surface area contributed by atoms with Crippen molar-refractivity contribution < 1.29 is 9.47 Å². The maximum absolute atomic E-state index is 8.83. The number of unbranched alkanes of at least 4 members (excludes halogenated alkanes) is 3. The van der Waals surface area contributed by atoms with Crippen LogP contribution in [0.4, 0.5) is 0 Å². The number of rotatable bonds is 10. The summed E-state index contributed by atoms with van der Waals surface area (Å²) in [5.41, 5.74) is 2.89. The molecule has 0 atom stereocenters. The molecule has 0 saturated heterocycles. The molecule has 0 bridgehead atoms. The van der Waals surface area contributed by atoms with Gasteiger partial charge in [0, 0.05) is 0 Å². The minimum Gasteiger partial charge on any atom is -0.502 e. The summed E-state index contributed by atoms with van der Waals surface area (Å²) in [6.07, 6.45) is 5.89. The molecule has 0 spiro atoms. The Morgan fingerprint density at radius 2 is 1.42 bits per heavy atom. The predicted octanol–water partition coefficient (Wildman–Crippen LogP) is 5.32. The first kappa shape index (κ1) is 17.6. The lowest BCUT2D eigenvalue weighted by molar-refractivity contribution is 0.239. The highest BCUT2D eigenvalue weighted by Crippen LogP contribution is 2.23. The molecule has 0 fully saturated rings. The molecule has 0 heterocycles. The molecule has 124 valence electrons. The van der Waals surface area contributed by atoms with Crippen molar-refractivity contribution in [1.82, 2.24) is 0 Å². The maximum Gasteiger partial charge on any atom is 0.119 e. The van der Waals surface area contributed by atoms with Crippen LogP contribution < -0.4 is 4.74 Å². The highest BCUT2D eigenvalue weighted by Gasteiger charge is 2.00. The second-order valence-corrected chi connectivity index (χ2v) is 5.51. The number of nitriles is 1. The molecular formula is C21H23NO2. The molecule has 2 aromatic carbocycles. The van der Waals surface area contributed by atoms with Gasteiger partial charge in [-0.3, -0.25) is 0 Å². The zero-order valence-electron chi connectivity index (χ0n) is 13.9. The van der Waals surface area contributed by atoms with Gasteiger partial charge in [-0.1, -0.05) is 30.8 Å². The number of ether oxygens (including phenoxy) is 2. The molecule has 0 aliphatic heterocycles. The SMILES string of the molecule is C=COCCCCCCOc1ccc(-c2ccc(C#N)cc2)cc1. The summed E-state index contributed by atoms with van der Waals surface area (Å²) in [5, 5.41) is 8.83. The molecule has 2 rings (SSSR count). The second-order valence-electron chi connectivity index (χ2n) is 5.51. The molecule has 0 unspecified atom stereocenters. The van der Waals surface area contributed by atoms with Crippen molar-refractivity contribution in [2.24, 2.45) is 0 Å². The average Bonchev–Trinajstić information content (AvgIpc) is 2.64. The number of nitrogens with zero attached hydrogens (tertiary/aromatic N) is 1. The van der Waals surface area contributed by atoms with Gasteiger partial charge in [0.2, 0.25) is 0 Å². The van der Waals surface area contributed by atoms with Crippen molar-refractivity contribution in [3.63, 3.8) is 0 Å².